The Morgan fingerprint density at radius 2 is 0.625 bits per heavy atom. The topological polar surface area (TPSA) is 34.1 Å². The third-order valence-electron chi connectivity index (χ3n) is 8.66. The summed E-state index contributed by atoms with van der Waals surface area (Å²) in [4.78, 5) is 29.0. The van der Waals surface area contributed by atoms with Crippen LogP contribution in [0.5, 0.6) is 0 Å². The van der Waals surface area contributed by atoms with Crippen LogP contribution in [0.25, 0.3) is 39.0 Å². The highest BCUT2D eigenvalue weighted by Crippen LogP contribution is 2.35. The number of ketones is 2. The molecule has 0 aliphatic rings. The molecule has 0 aromatic heterocycles. The summed E-state index contributed by atoms with van der Waals surface area (Å²) in [7, 11) is 0. The van der Waals surface area contributed by atoms with E-state index >= 15 is 0 Å². The van der Waals surface area contributed by atoms with Crippen LogP contribution in [0.4, 0.5) is 0 Å². The first kappa shape index (κ1) is 30.3. The second-order valence-electron chi connectivity index (χ2n) is 11.7. The van der Waals surface area contributed by atoms with Crippen molar-refractivity contribution in [2.24, 2.45) is 0 Å². The molecular formula is C46H32O2. The summed E-state index contributed by atoms with van der Waals surface area (Å²) >= 11 is 0. The first-order valence-electron chi connectivity index (χ1n) is 16.0. The van der Waals surface area contributed by atoms with E-state index in [9.17, 15) is 9.59 Å². The Labute approximate surface area is 281 Å². The summed E-state index contributed by atoms with van der Waals surface area (Å²) in [5.74, 6) is -0.323. The molecule has 0 saturated heterocycles. The summed E-state index contributed by atoms with van der Waals surface area (Å²) in [6.07, 6.45) is 0. The standard InChI is InChI=1S/C46H32O2/c1-32(39-23-11-12-24-40(39)33-17-5-2-6-18-33)36-29-37(45(47)43-27-15-13-25-41(43)34-19-7-3-8-20-34)31-38(30-36)46(48)44-28-16-14-26-42(44)35-21-9-4-10-22-35/h2-31H,1H2. The van der Waals surface area contributed by atoms with Gasteiger partial charge in [-0.2, -0.15) is 0 Å². The summed E-state index contributed by atoms with van der Waals surface area (Å²) < 4.78 is 0. The van der Waals surface area contributed by atoms with Crippen LogP contribution in [0.2, 0.25) is 0 Å². The predicted molar refractivity (Wildman–Crippen MR) is 197 cm³/mol. The van der Waals surface area contributed by atoms with Crippen LogP contribution in [-0.4, -0.2) is 11.6 Å². The maximum atomic E-state index is 14.5. The number of carbonyl (C=O) groups is 2. The fourth-order valence-electron chi connectivity index (χ4n) is 6.25. The molecule has 0 fully saturated rings. The molecule has 0 heterocycles. The zero-order chi connectivity index (χ0) is 32.9. The second-order valence-corrected chi connectivity index (χ2v) is 11.7. The van der Waals surface area contributed by atoms with Crippen LogP contribution in [0.1, 0.15) is 43.0 Å². The lowest BCUT2D eigenvalue weighted by Crippen LogP contribution is -2.09. The molecule has 0 bridgehead atoms. The minimum Gasteiger partial charge on any atom is -0.289 e. The second kappa shape index (κ2) is 13.5. The van der Waals surface area contributed by atoms with Gasteiger partial charge in [0, 0.05) is 22.3 Å². The van der Waals surface area contributed by atoms with Crippen molar-refractivity contribution in [1.82, 2.24) is 0 Å². The van der Waals surface area contributed by atoms with Gasteiger partial charge in [0.05, 0.1) is 0 Å². The van der Waals surface area contributed by atoms with E-state index in [1.54, 1.807) is 6.07 Å². The smallest absolute Gasteiger partial charge is 0.193 e. The summed E-state index contributed by atoms with van der Waals surface area (Å²) in [5.41, 5.74) is 10.0. The molecule has 228 valence electrons. The molecule has 0 N–H and O–H groups in total. The van der Waals surface area contributed by atoms with E-state index in [-0.39, 0.29) is 11.6 Å². The molecule has 0 atom stereocenters. The Balaban J connectivity index is 1.39. The van der Waals surface area contributed by atoms with Crippen LogP contribution in [0.3, 0.4) is 0 Å². The van der Waals surface area contributed by atoms with Crippen molar-refractivity contribution < 1.29 is 9.59 Å². The van der Waals surface area contributed by atoms with Crippen LogP contribution in [0.15, 0.2) is 189 Å². The first-order chi connectivity index (χ1) is 23.6. The largest absolute Gasteiger partial charge is 0.289 e. The molecule has 2 heteroatoms. The zero-order valence-electron chi connectivity index (χ0n) is 26.3. The van der Waals surface area contributed by atoms with E-state index in [2.05, 4.69) is 24.8 Å². The highest BCUT2D eigenvalue weighted by atomic mass is 16.1. The van der Waals surface area contributed by atoms with Crippen LogP contribution >= 0.6 is 0 Å². The van der Waals surface area contributed by atoms with Gasteiger partial charge in [-0.25, -0.2) is 0 Å². The van der Waals surface area contributed by atoms with Crippen molar-refractivity contribution in [2.75, 3.05) is 0 Å². The Hall–Kier alpha value is -6.38. The van der Waals surface area contributed by atoms with E-state index in [0.717, 1.165) is 44.5 Å². The van der Waals surface area contributed by atoms with Crippen molar-refractivity contribution in [2.45, 2.75) is 0 Å². The van der Waals surface area contributed by atoms with Gasteiger partial charge in [-0.05, 0) is 68.3 Å². The molecular weight excluding hydrogens is 585 g/mol. The van der Waals surface area contributed by atoms with Crippen molar-refractivity contribution >= 4 is 17.1 Å². The lowest BCUT2D eigenvalue weighted by Gasteiger charge is -2.16. The quantitative estimate of drug-likeness (QED) is 0.151. The average Bonchev–Trinajstić information content (AvgIpc) is 3.18. The highest BCUT2D eigenvalue weighted by Gasteiger charge is 2.22. The fourth-order valence-corrected chi connectivity index (χ4v) is 6.25. The molecule has 0 aliphatic carbocycles. The van der Waals surface area contributed by atoms with Gasteiger partial charge in [0.25, 0.3) is 0 Å². The van der Waals surface area contributed by atoms with E-state index in [1.807, 2.05) is 158 Å². The summed E-state index contributed by atoms with van der Waals surface area (Å²) in [6.45, 7) is 4.54. The van der Waals surface area contributed by atoms with E-state index < -0.39 is 0 Å². The molecule has 0 unspecified atom stereocenters. The molecule has 2 nitrogen and oxygen atoms in total. The predicted octanol–water partition coefficient (Wildman–Crippen LogP) is 11.2. The number of carbonyl (C=O) groups excluding carboxylic acids is 2. The summed E-state index contributed by atoms with van der Waals surface area (Å²) in [5, 5.41) is 0. The van der Waals surface area contributed by atoms with Gasteiger partial charge in [0.1, 0.15) is 0 Å². The normalized spacial score (nSPS) is 10.8. The Kier molecular flexibility index (Phi) is 8.54. The third-order valence-corrected chi connectivity index (χ3v) is 8.66. The van der Waals surface area contributed by atoms with Crippen LogP contribution < -0.4 is 0 Å². The molecule has 0 spiro atoms. The molecule has 0 amide bonds. The first-order valence-corrected chi connectivity index (χ1v) is 16.0. The highest BCUT2D eigenvalue weighted by molar-refractivity contribution is 6.17. The lowest BCUT2D eigenvalue weighted by molar-refractivity contribution is 0.103. The maximum absolute atomic E-state index is 14.5. The van der Waals surface area contributed by atoms with Gasteiger partial charge < -0.3 is 0 Å². The van der Waals surface area contributed by atoms with E-state index in [0.29, 0.717) is 27.8 Å². The van der Waals surface area contributed by atoms with E-state index in [4.69, 9.17) is 0 Å². The molecule has 7 aromatic carbocycles. The molecule has 0 aliphatic heterocycles. The van der Waals surface area contributed by atoms with Crippen molar-refractivity contribution in [3.63, 3.8) is 0 Å². The Bertz CT molecular complexity index is 1990. The van der Waals surface area contributed by atoms with Gasteiger partial charge in [-0.3, -0.25) is 9.59 Å². The van der Waals surface area contributed by atoms with Crippen molar-refractivity contribution in [1.29, 1.82) is 0 Å². The fraction of sp³-hybridized carbons (Fsp3) is 0. The van der Waals surface area contributed by atoms with Crippen molar-refractivity contribution in [3.05, 3.63) is 222 Å². The third kappa shape index (κ3) is 6.08. The minimum atomic E-state index is -0.161. The summed E-state index contributed by atoms with van der Waals surface area (Å²) in [6, 6.07) is 58.8. The Morgan fingerprint density at radius 1 is 0.333 bits per heavy atom. The zero-order valence-corrected chi connectivity index (χ0v) is 26.3. The number of benzene rings is 7. The number of rotatable bonds is 9. The van der Waals surface area contributed by atoms with E-state index in [1.165, 1.54) is 0 Å². The van der Waals surface area contributed by atoms with Gasteiger partial charge in [0.2, 0.25) is 0 Å². The monoisotopic (exact) mass is 616 g/mol. The lowest BCUT2D eigenvalue weighted by atomic mass is 9.86. The minimum absolute atomic E-state index is 0.161. The van der Waals surface area contributed by atoms with Crippen LogP contribution in [0, 0.1) is 0 Å². The van der Waals surface area contributed by atoms with Gasteiger partial charge in [-0.1, -0.05) is 170 Å². The van der Waals surface area contributed by atoms with Crippen LogP contribution in [-0.2, 0) is 0 Å². The number of hydrogen-bond donors (Lipinski definition) is 0. The maximum Gasteiger partial charge on any atom is 0.193 e. The molecule has 7 rings (SSSR count). The molecule has 7 aromatic rings. The molecule has 48 heavy (non-hydrogen) atoms. The molecule has 0 saturated carbocycles. The molecule has 0 radical (unpaired) electrons. The SMILES string of the molecule is C=C(c1cc(C(=O)c2ccccc2-c2ccccc2)cc(C(=O)c2ccccc2-c2ccccc2)c1)c1ccccc1-c1ccccc1. The van der Waals surface area contributed by atoms with Gasteiger partial charge in [-0.15, -0.1) is 0 Å². The van der Waals surface area contributed by atoms with Gasteiger partial charge >= 0.3 is 0 Å². The van der Waals surface area contributed by atoms with Gasteiger partial charge in [0.15, 0.2) is 11.6 Å². The van der Waals surface area contributed by atoms with Crippen molar-refractivity contribution in [3.8, 4) is 33.4 Å². The average molecular weight is 617 g/mol. The Morgan fingerprint density at radius 3 is 1.02 bits per heavy atom. The number of hydrogen-bond acceptors (Lipinski definition) is 2.